The van der Waals surface area contributed by atoms with Gasteiger partial charge < -0.3 is 11.1 Å². The van der Waals surface area contributed by atoms with Crippen LogP contribution >= 0.6 is 0 Å². The van der Waals surface area contributed by atoms with E-state index in [-0.39, 0.29) is 0 Å². The van der Waals surface area contributed by atoms with Gasteiger partial charge in [0.15, 0.2) is 5.96 Å². The van der Waals surface area contributed by atoms with Crippen molar-refractivity contribution in [3.05, 3.63) is 102 Å². The van der Waals surface area contributed by atoms with Crippen LogP contribution in [-0.4, -0.2) is 32.3 Å². The summed E-state index contributed by atoms with van der Waals surface area (Å²) in [6.45, 7) is 1.91. The molecular weight excluding hydrogens is 386 g/mol. The summed E-state index contributed by atoms with van der Waals surface area (Å²) in [5.74, 6) is 0.439. The van der Waals surface area contributed by atoms with Gasteiger partial charge in [0.05, 0.1) is 13.1 Å². The quantitative estimate of drug-likeness (QED) is 0.343. The minimum absolute atomic E-state index is 0.439. The van der Waals surface area contributed by atoms with E-state index >= 15 is 0 Å². The molecule has 7 heteroatoms. The van der Waals surface area contributed by atoms with E-state index in [4.69, 9.17) is 5.73 Å². The molecule has 0 unspecified atom stereocenters. The first kappa shape index (κ1) is 20.3. The first-order chi connectivity index (χ1) is 15.3. The highest BCUT2D eigenvalue weighted by molar-refractivity contribution is 5.78. The lowest BCUT2D eigenvalue weighted by atomic mass is 9.98. The summed E-state index contributed by atoms with van der Waals surface area (Å²) < 4.78 is 1.81. The molecule has 4 rings (SSSR count). The molecule has 0 radical (unpaired) electrons. The number of aromatic nitrogens is 4. The van der Waals surface area contributed by atoms with Crippen molar-refractivity contribution in [2.24, 2.45) is 10.7 Å². The maximum absolute atomic E-state index is 6.06. The summed E-state index contributed by atoms with van der Waals surface area (Å²) in [5, 5.41) is 7.32. The number of hydrogen-bond donors (Lipinski definition) is 2. The average molecular weight is 412 g/mol. The Kier molecular flexibility index (Phi) is 6.64. The van der Waals surface area contributed by atoms with E-state index in [1.165, 1.54) is 5.56 Å². The highest BCUT2D eigenvalue weighted by Crippen LogP contribution is 2.25. The summed E-state index contributed by atoms with van der Waals surface area (Å²) in [6.07, 6.45) is 5.86. The van der Waals surface area contributed by atoms with Crippen molar-refractivity contribution in [3.63, 3.8) is 0 Å². The third-order valence-corrected chi connectivity index (χ3v) is 4.93. The predicted molar refractivity (Wildman–Crippen MR) is 122 cm³/mol. The molecule has 156 valence electrons. The number of aliphatic imine (C=N–C) groups is 1. The van der Waals surface area contributed by atoms with Crippen molar-refractivity contribution < 1.29 is 0 Å². The van der Waals surface area contributed by atoms with E-state index in [1.54, 1.807) is 23.5 Å². The third kappa shape index (κ3) is 5.76. The Balaban J connectivity index is 1.38. The van der Waals surface area contributed by atoms with Gasteiger partial charge >= 0.3 is 0 Å². The molecular formula is C24H25N7. The van der Waals surface area contributed by atoms with Gasteiger partial charge in [0.25, 0.3) is 0 Å². The number of guanidine groups is 1. The minimum Gasteiger partial charge on any atom is -0.370 e. The molecule has 2 aromatic heterocycles. The van der Waals surface area contributed by atoms with Gasteiger partial charge in [0.1, 0.15) is 12.7 Å². The second kappa shape index (κ2) is 10.2. The zero-order valence-electron chi connectivity index (χ0n) is 17.2. The van der Waals surface area contributed by atoms with Gasteiger partial charge in [-0.2, -0.15) is 5.10 Å². The predicted octanol–water partition coefficient (Wildman–Crippen LogP) is 3.04. The Hall–Kier alpha value is -4.00. The van der Waals surface area contributed by atoms with E-state index in [0.717, 1.165) is 28.8 Å². The number of nitrogens with zero attached hydrogens (tertiary/aromatic N) is 5. The lowest BCUT2D eigenvalue weighted by Gasteiger charge is -2.10. The van der Waals surface area contributed by atoms with E-state index in [9.17, 15) is 0 Å². The van der Waals surface area contributed by atoms with Crippen LogP contribution < -0.4 is 11.1 Å². The summed E-state index contributed by atoms with van der Waals surface area (Å²) in [6, 6.07) is 22.7. The van der Waals surface area contributed by atoms with Crippen LogP contribution in [0, 0.1) is 0 Å². The zero-order chi connectivity index (χ0) is 21.3. The average Bonchev–Trinajstić information content (AvgIpc) is 3.32. The molecule has 0 fully saturated rings. The number of hydrogen-bond acceptors (Lipinski definition) is 4. The summed E-state index contributed by atoms with van der Waals surface area (Å²) in [7, 11) is 0. The minimum atomic E-state index is 0.439. The topological polar surface area (TPSA) is 94.0 Å². The molecule has 0 amide bonds. The Morgan fingerprint density at radius 3 is 2.61 bits per heavy atom. The van der Waals surface area contributed by atoms with Crippen LogP contribution in [0.25, 0.3) is 11.1 Å². The van der Waals surface area contributed by atoms with Crippen molar-refractivity contribution >= 4 is 5.96 Å². The van der Waals surface area contributed by atoms with E-state index in [1.807, 2.05) is 30.3 Å². The monoisotopic (exact) mass is 411 g/mol. The molecule has 4 aromatic rings. The second-order valence-electron chi connectivity index (χ2n) is 7.15. The van der Waals surface area contributed by atoms with Crippen molar-refractivity contribution in [1.29, 1.82) is 0 Å². The van der Waals surface area contributed by atoms with E-state index in [2.05, 4.69) is 61.8 Å². The van der Waals surface area contributed by atoms with Gasteiger partial charge in [-0.15, -0.1) is 0 Å². The molecule has 31 heavy (non-hydrogen) atoms. The largest absolute Gasteiger partial charge is 0.370 e. The summed E-state index contributed by atoms with van der Waals surface area (Å²) in [5.41, 5.74) is 11.7. The Labute approximate surface area is 181 Å². The zero-order valence-corrected chi connectivity index (χ0v) is 17.2. The molecule has 0 saturated heterocycles. The lowest BCUT2D eigenvalue weighted by molar-refractivity contribution is 0.685. The van der Waals surface area contributed by atoms with Crippen LogP contribution in [0.3, 0.4) is 0 Å². The van der Waals surface area contributed by atoms with E-state index < -0.39 is 0 Å². The number of benzene rings is 2. The van der Waals surface area contributed by atoms with Gasteiger partial charge in [-0.05, 0) is 34.4 Å². The third-order valence-electron chi connectivity index (χ3n) is 4.93. The van der Waals surface area contributed by atoms with Gasteiger partial charge in [0.2, 0.25) is 0 Å². The van der Waals surface area contributed by atoms with Gasteiger partial charge in [-0.1, -0.05) is 54.6 Å². The van der Waals surface area contributed by atoms with Crippen LogP contribution in [0.5, 0.6) is 0 Å². The summed E-state index contributed by atoms with van der Waals surface area (Å²) >= 11 is 0. The van der Waals surface area contributed by atoms with Gasteiger partial charge in [0, 0.05) is 24.9 Å². The molecule has 2 aromatic carbocycles. The number of nitrogens with two attached hydrogens (primary N) is 1. The van der Waals surface area contributed by atoms with E-state index in [0.29, 0.717) is 25.6 Å². The fourth-order valence-corrected chi connectivity index (χ4v) is 3.32. The van der Waals surface area contributed by atoms with Crippen molar-refractivity contribution in [3.8, 4) is 11.1 Å². The molecule has 0 aliphatic carbocycles. The van der Waals surface area contributed by atoms with Crippen LogP contribution in [0.4, 0.5) is 0 Å². The Morgan fingerprint density at radius 2 is 1.84 bits per heavy atom. The molecule has 7 nitrogen and oxygen atoms in total. The standard InChI is InChI=1S/C24H25N7/c25-24(28-14-12-22-6-3-4-13-27-22)29-15-21-5-1-2-7-23(21)20-10-8-19(9-11-20)16-31-18-26-17-30-31/h1-11,13,17-18H,12,14-16H2,(H3,25,28,29). The van der Waals surface area contributed by atoms with Crippen LogP contribution in [0.15, 0.2) is 90.6 Å². The maximum Gasteiger partial charge on any atom is 0.188 e. The Morgan fingerprint density at radius 1 is 1.00 bits per heavy atom. The lowest BCUT2D eigenvalue weighted by Crippen LogP contribution is -2.33. The van der Waals surface area contributed by atoms with Gasteiger partial charge in [-0.3, -0.25) is 4.98 Å². The van der Waals surface area contributed by atoms with Gasteiger partial charge in [-0.25, -0.2) is 14.7 Å². The molecule has 0 spiro atoms. The Bertz CT molecular complexity index is 1100. The maximum atomic E-state index is 6.06. The molecule has 0 saturated carbocycles. The molecule has 0 bridgehead atoms. The molecule has 2 heterocycles. The highest BCUT2D eigenvalue weighted by Gasteiger charge is 2.05. The number of nitrogens with one attached hydrogen (secondary N) is 1. The fourth-order valence-electron chi connectivity index (χ4n) is 3.32. The van der Waals surface area contributed by atoms with Crippen LogP contribution in [-0.2, 0) is 19.5 Å². The molecule has 0 aliphatic heterocycles. The van der Waals surface area contributed by atoms with Crippen molar-refractivity contribution in [2.75, 3.05) is 6.54 Å². The second-order valence-corrected chi connectivity index (χ2v) is 7.15. The van der Waals surface area contributed by atoms with Crippen molar-refractivity contribution in [2.45, 2.75) is 19.5 Å². The summed E-state index contributed by atoms with van der Waals surface area (Å²) in [4.78, 5) is 12.8. The molecule has 3 N–H and O–H groups in total. The SMILES string of the molecule is NC(=NCc1ccccc1-c1ccc(Cn2cncn2)cc1)NCCc1ccccn1. The fraction of sp³-hybridized carbons (Fsp3) is 0.167. The first-order valence-corrected chi connectivity index (χ1v) is 10.2. The number of pyridine rings is 1. The van der Waals surface area contributed by atoms with Crippen LogP contribution in [0.2, 0.25) is 0 Å². The van der Waals surface area contributed by atoms with Crippen molar-refractivity contribution in [1.82, 2.24) is 25.1 Å². The number of rotatable bonds is 8. The molecule has 0 atom stereocenters. The first-order valence-electron chi connectivity index (χ1n) is 10.2. The highest BCUT2D eigenvalue weighted by atomic mass is 15.3. The van der Waals surface area contributed by atoms with Crippen LogP contribution in [0.1, 0.15) is 16.8 Å². The normalized spacial score (nSPS) is 11.4. The molecule has 0 aliphatic rings. The smallest absolute Gasteiger partial charge is 0.188 e.